The van der Waals surface area contributed by atoms with Crippen LogP contribution in [0.4, 0.5) is 0 Å². The zero-order chi connectivity index (χ0) is 16.9. The molecule has 0 amide bonds. The van der Waals surface area contributed by atoms with E-state index >= 15 is 0 Å². The van der Waals surface area contributed by atoms with Crippen LogP contribution in [0.5, 0.6) is 0 Å². The summed E-state index contributed by atoms with van der Waals surface area (Å²) in [5, 5.41) is 10.5. The second-order valence-electron chi connectivity index (χ2n) is 7.63. The van der Waals surface area contributed by atoms with Gasteiger partial charge in [-0.15, -0.1) is 6.58 Å². The molecule has 0 radical (unpaired) electrons. The van der Waals surface area contributed by atoms with Crippen molar-refractivity contribution in [3.8, 4) is 0 Å². The summed E-state index contributed by atoms with van der Waals surface area (Å²) in [4.78, 5) is 0. The predicted octanol–water partition coefficient (Wildman–Crippen LogP) is 6.35. The molecule has 0 fully saturated rings. The Kier molecular flexibility index (Phi) is 7.08. The van der Waals surface area contributed by atoms with Crippen LogP contribution in [0.1, 0.15) is 59.6 Å². The summed E-state index contributed by atoms with van der Waals surface area (Å²) in [5.74, 6) is 0. The van der Waals surface area contributed by atoms with E-state index in [2.05, 4.69) is 48.1 Å². The first-order valence-electron chi connectivity index (χ1n) is 8.61. The van der Waals surface area contributed by atoms with Crippen LogP contribution in [0.25, 0.3) is 0 Å². The van der Waals surface area contributed by atoms with E-state index in [9.17, 15) is 5.11 Å². The van der Waals surface area contributed by atoms with Gasteiger partial charge in [0.15, 0.2) is 0 Å². The number of benzene rings is 1. The average Bonchev–Trinajstić information content (AvgIpc) is 2.44. The second-order valence-corrected chi connectivity index (χ2v) is 13.7. The van der Waals surface area contributed by atoms with Gasteiger partial charge < -0.3 is 5.11 Å². The van der Waals surface area contributed by atoms with Crippen LogP contribution in [0.15, 0.2) is 42.5 Å². The van der Waals surface area contributed by atoms with Gasteiger partial charge in [-0.3, -0.25) is 0 Å². The molecule has 22 heavy (non-hydrogen) atoms. The Labute approximate surface area is 138 Å². The molecule has 0 aliphatic heterocycles. The molecule has 0 heterocycles. The molecule has 0 spiro atoms. The van der Waals surface area contributed by atoms with Gasteiger partial charge in [0.2, 0.25) is 0 Å². The number of hydrogen-bond acceptors (Lipinski definition) is 1. The SMILES string of the molecule is C=C(CC(O)c1ccccc1)C[Si](C(C)C)(C(C)C)C(C)C. The van der Waals surface area contributed by atoms with Gasteiger partial charge in [-0.05, 0) is 18.0 Å². The fraction of sp³-hybridized carbons (Fsp3) is 0.600. The Morgan fingerprint density at radius 2 is 1.41 bits per heavy atom. The molecule has 0 aliphatic rings. The third kappa shape index (κ3) is 4.33. The maximum absolute atomic E-state index is 10.5. The van der Waals surface area contributed by atoms with Crippen LogP contribution in [-0.2, 0) is 0 Å². The predicted molar refractivity (Wildman–Crippen MR) is 101 cm³/mol. The highest BCUT2D eigenvalue weighted by molar-refractivity contribution is 6.84. The van der Waals surface area contributed by atoms with Crippen LogP contribution in [0, 0.1) is 0 Å². The molecular formula is C20H34OSi. The van der Waals surface area contributed by atoms with Crippen LogP contribution < -0.4 is 0 Å². The standard InChI is InChI=1S/C20H34OSi/c1-15(2)22(16(3)4,17(5)6)14-18(7)13-20(21)19-11-9-8-10-12-19/h8-12,15-17,20-21H,7,13-14H2,1-6H3. The van der Waals surface area contributed by atoms with E-state index < -0.39 is 14.2 Å². The first-order valence-corrected chi connectivity index (χ1v) is 11.0. The molecular weight excluding hydrogens is 284 g/mol. The van der Waals surface area contributed by atoms with Gasteiger partial charge in [0.05, 0.1) is 14.2 Å². The zero-order valence-corrected chi connectivity index (χ0v) is 16.3. The maximum Gasteiger partial charge on any atom is 0.0826 e. The van der Waals surface area contributed by atoms with Crippen molar-refractivity contribution in [2.24, 2.45) is 0 Å². The largest absolute Gasteiger partial charge is 0.388 e. The molecule has 0 aliphatic carbocycles. The Balaban J connectivity index is 2.84. The summed E-state index contributed by atoms with van der Waals surface area (Å²) < 4.78 is 0. The van der Waals surface area contributed by atoms with Gasteiger partial charge >= 0.3 is 0 Å². The van der Waals surface area contributed by atoms with Crippen molar-refractivity contribution in [3.05, 3.63) is 48.0 Å². The van der Waals surface area contributed by atoms with Gasteiger partial charge in [0.25, 0.3) is 0 Å². The highest BCUT2D eigenvalue weighted by atomic mass is 28.3. The zero-order valence-electron chi connectivity index (χ0n) is 15.3. The molecule has 0 saturated heterocycles. The van der Waals surface area contributed by atoms with Crippen molar-refractivity contribution >= 4 is 8.07 Å². The summed E-state index contributed by atoms with van der Waals surface area (Å²) in [7, 11) is -1.47. The van der Waals surface area contributed by atoms with E-state index in [-0.39, 0.29) is 0 Å². The highest BCUT2D eigenvalue weighted by Crippen LogP contribution is 2.46. The number of aliphatic hydroxyl groups excluding tert-OH is 1. The lowest BCUT2D eigenvalue weighted by Crippen LogP contribution is -2.44. The van der Waals surface area contributed by atoms with Gasteiger partial charge in [-0.25, -0.2) is 0 Å². The number of aliphatic hydroxyl groups is 1. The second kappa shape index (κ2) is 8.12. The van der Waals surface area contributed by atoms with Crippen molar-refractivity contribution in [3.63, 3.8) is 0 Å². The summed E-state index contributed by atoms with van der Waals surface area (Å²) in [6.45, 7) is 18.6. The third-order valence-electron chi connectivity index (χ3n) is 5.45. The third-order valence-corrected chi connectivity index (χ3v) is 13.0. The Bertz CT molecular complexity index is 440. The van der Waals surface area contributed by atoms with Crippen LogP contribution >= 0.6 is 0 Å². The first-order chi connectivity index (χ1) is 10.2. The molecule has 124 valence electrons. The molecule has 0 bridgehead atoms. The lowest BCUT2D eigenvalue weighted by Gasteiger charge is -2.44. The van der Waals surface area contributed by atoms with Gasteiger partial charge in [0, 0.05) is 0 Å². The van der Waals surface area contributed by atoms with E-state index in [1.165, 1.54) is 5.57 Å². The Morgan fingerprint density at radius 1 is 0.955 bits per heavy atom. The summed E-state index contributed by atoms with van der Waals surface area (Å²) >= 11 is 0. The first kappa shape index (κ1) is 19.2. The van der Waals surface area contributed by atoms with E-state index in [4.69, 9.17) is 0 Å². The minimum atomic E-state index is -1.47. The van der Waals surface area contributed by atoms with Crippen molar-refractivity contribution in [1.82, 2.24) is 0 Å². The van der Waals surface area contributed by atoms with Crippen LogP contribution in [0.3, 0.4) is 0 Å². The molecule has 1 N–H and O–H groups in total. The number of hydrogen-bond donors (Lipinski definition) is 1. The Hall–Kier alpha value is -0.863. The Morgan fingerprint density at radius 3 is 1.82 bits per heavy atom. The van der Waals surface area contributed by atoms with E-state index in [1.54, 1.807) is 0 Å². The quantitative estimate of drug-likeness (QED) is 0.437. The fourth-order valence-corrected chi connectivity index (χ4v) is 10.4. The number of rotatable bonds is 8. The average molecular weight is 319 g/mol. The van der Waals surface area contributed by atoms with Crippen molar-refractivity contribution in [2.75, 3.05) is 0 Å². The molecule has 1 aromatic carbocycles. The van der Waals surface area contributed by atoms with Gasteiger partial charge in [-0.1, -0.05) is 94.1 Å². The molecule has 1 aromatic rings. The molecule has 2 heteroatoms. The lowest BCUT2D eigenvalue weighted by atomic mass is 10.0. The molecule has 0 aromatic heterocycles. The van der Waals surface area contributed by atoms with E-state index in [1.807, 2.05) is 30.3 Å². The smallest absolute Gasteiger partial charge is 0.0826 e. The van der Waals surface area contributed by atoms with Crippen molar-refractivity contribution in [2.45, 2.75) is 76.7 Å². The molecule has 1 unspecified atom stereocenters. The summed E-state index contributed by atoms with van der Waals surface area (Å²) in [5.41, 5.74) is 4.42. The highest BCUT2D eigenvalue weighted by Gasteiger charge is 2.42. The minimum Gasteiger partial charge on any atom is -0.388 e. The normalized spacial score (nSPS) is 13.9. The monoisotopic (exact) mass is 318 g/mol. The van der Waals surface area contributed by atoms with Gasteiger partial charge in [0.1, 0.15) is 0 Å². The van der Waals surface area contributed by atoms with Crippen LogP contribution in [0.2, 0.25) is 22.7 Å². The molecule has 1 nitrogen and oxygen atoms in total. The van der Waals surface area contributed by atoms with E-state index in [0.717, 1.165) is 28.2 Å². The van der Waals surface area contributed by atoms with E-state index in [0.29, 0.717) is 6.42 Å². The minimum absolute atomic E-state index is 0.424. The van der Waals surface area contributed by atoms with Crippen LogP contribution in [-0.4, -0.2) is 13.2 Å². The molecule has 0 saturated carbocycles. The van der Waals surface area contributed by atoms with Gasteiger partial charge in [-0.2, -0.15) is 0 Å². The van der Waals surface area contributed by atoms with Crippen molar-refractivity contribution < 1.29 is 5.11 Å². The molecule has 1 rings (SSSR count). The van der Waals surface area contributed by atoms with Crippen molar-refractivity contribution in [1.29, 1.82) is 0 Å². The fourth-order valence-electron chi connectivity index (χ4n) is 4.18. The topological polar surface area (TPSA) is 20.2 Å². The summed E-state index contributed by atoms with van der Waals surface area (Å²) in [6.07, 6.45) is 0.261. The summed E-state index contributed by atoms with van der Waals surface area (Å²) in [6, 6.07) is 11.1. The molecule has 1 atom stereocenters. The lowest BCUT2D eigenvalue weighted by molar-refractivity contribution is 0.178. The maximum atomic E-state index is 10.5.